The maximum absolute atomic E-state index is 5.57. The molecule has 2 fully saturated rings. The van der Waals surface area contributed by atoms with Crippen molar-refractivity contribution < 1.29 is 9.22 Å². The van der Waals surface area contributed by atoms with Crippen LogP contribution in [0.4, 0.5) is 0 Å². The van der Waals surface area contributed by atoms with Gasteiger partial charge in [-0.2, -0.15) is 0 Å². The van der Waals surface area contributed by atoms with Crippen LogP contribution in [0.3, 0.4) is 0 Å². The third-order valence-electron chi connectivity index (χ3n) is 3.18. The molecule has 0 amide bonds. The molecule has 0 radical (unpaired) electrons. The van der Waals surface area contributed by atoms with E-state index in [0.717, 1.165) is 13.2 Å². The van der Waals surface area contributed by atoms with Gasteiger partial charge in [0.1, 0.15) is 19.7 Å². The first-order chi connectivity index (χ1) is 6.39. The molecule has 0 saturated carbocycles. The summed E-state index contributed by atoms with van der Waals surface area (Å²) in [7, 11) is 0. The highest BCUT2D eigenvalue weighted by atomic mass is 16.5. The third kappa shape index (κ3) is 1.18. The SMILES string of the molecule is c1ccc(C[N+]23CCOC2C3)cc1. The minimum absolute atomic E-state index is 0.528. The smallest absolute Gasteiger partial charge is 0.244 e. The highest BCUT2D eigenvalue weighted by Gasteiger charge is 2.59. The van der Waals surface area contributed by atoms with Crippen LogP contribution in [0.2, 0.25) is 0 Å². The highest BCUT2D eigenvalue weighted by Crippen LogP contribution is 2.38. The van der Waals surface area contributed by atoms with E-state index in [1.54, 1.807) is 0 Å². The minimum atomic E-state index is 0.528. The Hall–Kier alpha value is -0.860. The molecular weight excluding hydrogens is 162 g/mol. The fourth-order valence-corrected chi connectivity index (χ4v) is 2.27. The van der Waals surface area contributed by atoms with Crippen LogP contribution in [-0.4, -0.2) is 30.4 Å². The molecule has 3 rings (SSSR count). The van der Waals surface area contributed by atoms with Gasteiger partial charge < -0.3 is 4.74 Å². The van der Waals surface area contributed by atoms with Crippen LogP contribution in [0.15, 0.2) is 30.3 Å². The predicted octanol–water partition coefficient (Wildman–Crippen LogP) is 1.37. The van der Waals surface area contributed by atoms with Crippen molar-refractivity contribution in [3.8, 4) is 0 Å². The standard InChI is InChI=1S/C11H14NO/c1-2-4-10(5-3-1)8-12-6-7-13-11(12)9-12/h1-5,11H,6-9H2/q+1. The van der Waals surface area contributed by atoms with Gasteiger partial charge in [-0.1, -0.05) is 30.3 Å². The van der Waals surface area contributed by atoms with Gasteiger partial charge in [0.25, 0.3) is 0 Å². The Morgan fingerprint density at radius 3 is 2.77 bits per heavy atom. The number of hydrogen-bond donors (Lipinski definition) is 0. The maximum Gasteiger partial charge on any atom is 0.244 e. The minimum Gasteiger partial charge on any atom is -0.319 e. The summed E-state index contributed by atoms with van der Waals surface area (Å²) in [6.07, 6.45) is 0.528. The molecule has 0 aromatic heterocycles. The number of hydrogen-bond acceptors (Lipinski definition) is 1. The summed E-state index contributed by atoms with van der Waals surface area (Å²) in [5.41, 5.74) is 1.44. The molecule has 2 nitrogen and oxygen atoms in total. The molecule has 2 aliphatic rings. The lowest BCUT2D eigenvalue weighted by Crippen LogP contribution is -2.25. The van der Waals surface area contributed by atoms with Crippen molar-refractivity contribution in [3.05, 3.63) is 35.9 Å². The van der Waals surface area contributed by atoms with Crippen molar-refractivity contribution in [1.82, 2.24) is 0 Å². The molecule has 0 spiro atoms. The quantitative estimate of drug-likeness (QED) is 0.488. The first kappa shape index (κ1) is 7.54. The fraction of sp³-hybridized carbons (Fsp3) is 0.455. The van der Waals surface area contributed by atoms with Crippen LogP contribution in [0.25, 0.3) is 0 Å². The third-order valence-corrected chi connectivity index (χ3v) is 3.18. The summed E-state index contributed by atoms with van der Waals surface area (Å²) in [5.74, 6) is 0. The summed E-state index contributed by atoms with van der Waals surface area (Å²) in [5, 5.41) is 0. The Balaban J connectivity index is 1.77. The predicted molar refractivity (Wildman–Crippen MR) is 49.9 cm³/mol. The van der Waals surface area contributed by atoms with Crippen LogP contribution >= 0.6 is 0 Å². The van der Waals surface area contributed by atoms with Crippen LogP contribution in [-0.2, 0) is 11.3 Å². The lowest BCUT2D eigenvalue weighted by molar-refractivity contribution is -0.821. The first-order valence-electron chi connectivity index (χ1n) is 4.90. The highest BCUT2D eigenvalue weighted by molar-refractivity contribution is 5.13. The van der Waals surface area contributed by atoms with Crippen LogP contribution in [0, 0.1) is 0 Å². The Labute approximate surface area is 78.3 Å². The average molecular weight is 176 g/mol. The molecular formula is C11H14NO+. The molecule has 2 aliphatic heterocycles. The zero-order chi connectivity index (χ0) is 8.73. The van der Waals surface area contributed by atoms with Crippen molar-refractivity contribution in [2.24, 2.45) is 0 Å². The van der Waals surface area contributed by atoms with Gasteiger partial charge in [-0.3, -0.25) is 4.48 Å². The fourth-order valence-electron chi connectivity index (χ4n) is 2.27. The van der Waals surface area contributed by atoms with E-state index >= 15 is 0 Å². The summed E-state index contributed by atoms with van der Waals surface area (Å²) >= 11 is 0. The topological polar surface area (TPSA) is 9.23 Å². The van der Waals surface area contributed by atoms with Gasteiger partial charge in [0.05, 0.1) is 0 Å². The van der Waals surface area contributed by atoms with E-state index in [9.17, 15) is 0 Å². The van der Waals surface area contributed by atoms with E-state index in [2.05, 4.69) is 30.3 Å². The van der Waals surface area contributed by atoms with E-state index in [0.29, 0.717) is 6.23 Å². The number of nitrogens with zero attached hydrogens (tertiary/aromatic N) is 1. The van der Waals surface area contributed by atoms with Gasteiger partial charge in [-0.25, -0.2) is 0 Å². The summed E-state index contributed by atoms with van der Waals surface area (Å²) in [4.78, 5) is 0. The van der Waals surface area contributed by atoms with Crippen molar-refractivity contribution in [1.29, 1.82) is 0 Å². The number of benzene rings is 1. The molecule has 0 bridgehead atoms. The second kappa shape index (κ2) is 2.56. The molecule has 13 heavy (non-hydrogen) atoms. The van der Waals surface area contributed by atoms with Crippen LogP contribution < -0.4 is 0 Å². The molecule has 2 atom stereocenters. The molecule has 1 aromatic rings. The van der Waals surface area contributed by atoms with Crippen LogP contribution in [0.5, 0.6) is 0 Å². The van der Waals surface area contributed by atoms with E-state index in [4.69, 9.17) is 4.74 Å². The first-order valence-corrected chi connectivity index (χ1v) is 4.90. The Bertz CT molecular complexity index is 311. The average Bonchev–Trinajstić information content (AvgIpc) is 2.69. The number of morpholine rings is 1. The molecule has 0 N–H and O–H groups in total. The van der Waals surface area contributed by atoms with Gasteiger partial charge >= 0.3 is 0 Å². The lowest BCUT2D eigenvalue weighted by Gasteiger charge is -2.13. The molecule has 68 valence electrons. The van der Waals surface area contributed by atoms with E-state index in [1.165, 1.54) is 23.1 Å². The number of ether oxygens (including phenoxy) is 1. The Morgan fingerprint density at radius 2 is 2.15 bits per heavy atom. The van der Waals surface area contributed by atoms with E-state index in [-0.39, 0.29) is 0 Å². The summed E-state index contributed by atoms with van der Waals surface area (Å²) < 4.78 is 6.76. The molecule has 1 aromatic carbocycles. The molecule has 2 heteroatoms. The monoisotopic (exact) mass is 176 g/mol. The Morgan fingerprint density at radius 1 is 1.31 bits per heavy atom. The second-order valence-corrected chi connectivity index (χ2v) is 4.09. The van der Waals surface area contributed by atoms with Gasteiger partial charge in [0.15, 0.2) is 6.54 Å². The van der Waals surface area contributed by atoms with Gasteiger partial charge in [0.2, 0.25) is 6.23 Å². The van der Waals surface area contributed by atoms with E-state index < -0.39 is 0 Å². The second-order valence-electron chi connectivity index (χ2n) is 4.09. The molecule has 2 unspecified atom stereocenters. The van der Waals surface area contributed by atoms with E-state index in [1.807, 2.05) is 0 Å². The number of rotatable bonds is 2. The van der Waals surface area contributed by atoms with Crippen molar-refractivity contribution in [3.63, 3.8) is 0 Å². The zero-order valence-corrected chi connectivity index (χ0v) is 7.65. The van der Waals surface area contributed by atoms with Crippen molar-refractivity contribution in [2.45, 2.75) is 12.8 Å². The zero-order valence-electron chi connectivity index (χ0n) is 7.65. The largest absolute Gasteiger partial charge is 0.319 e. The van der Waals surface area contributed by atoms with Crippen molar-refractivity contribution >= 4 is 0 Å². The van der Waals surface area contributed by atoms with Gasteiger partial charge in [0, 0.05) is 5.56 Å². The van der Waals surface area contributed by atoms with Gasteiger partial charge in [-0.15, -0.1) is 0 Å². The van der Waals surface area contributed by atoms with Gasteiger partial charge in [-0.05, 0) is 0 Å². The molecule has 2 saturated heterocycles. The van der Waals surface area contributed by atoms with Crippen LogP contribution in [0.1, 0.15) is 5.56 Å². The summed E-state index contributed by atoms with van der Waals surface area (Å²) in [6.45, 7) is 4.55. The van der Waals surface area contributed by atoms with Crippen molar-refractivity contribution in [2.75, 3.05) is 19.7 Å². The Kier molecular flexibility index (Phi) is 1.49. The number of quaternary nitrogens is 1. The summed E-state index contributed by atoms with van der Waals surface area (Å²) in [6, 6.07) is 10.7. The lowest BCUT2D eigenvalue weighted by atomic mass is 10.2. The number of fused-ring (bicyclic) bond motifs is 1. The normalized spacial score (nSPS) is 35.8. The molecule has 2 heterocycles. The molecule has 0 aliphatic carbocycles. The maximum atomic E-state index is 5.57.